The summed E-state index contributed by atoms with van der Waals surface area (Å²) in [6.07, 6.45) is 19.7. The summed E-state index contributed by atoms with van der Waals surface area (Å²) < 4.78 is 4.64. The van der Waals surface area contributed by atoms with Gasteiger partial charge < -0.3 is 53.4 Å². The van der Waals surface area contributed by atoms with Crippen LogP contribution < -0.4 is 57.1 Å². The summed E-state index contributed by atoms with van der Waals surface area (Å²) in [6.45, 7) is 6.65. The van der Waals surface area contributed by atoms with Gasteiger partial charge in [0.1, 0.15) is 13.1 Å². The van der Waals surface area contributed by atoms with Crippen molar-refractivity contribution >= 4 is 0 Å². The molecule has 0 radical (unpaired) electrons. The van der Waals surface area contributed by atoms with Gasteiger partial charge in [0.2, 0.25) is 0 Å². The Morgan fingerprint density at radius 2 is 0.926 bits per heavy atom. The first kappa shape index (κ1) is 28.9. The number of pyridine rings is 2. The first-order chi connectivity index (χ1) is 11.7. The molecule has 0 saturated heterocycles. The quantitative estimate of drug-likeness (QED) is 0.162. The van der Waals surface area contributed by atoms with E-state index in [0.717, 1.165) is 13.1 Å². The Bertz CT molecular complexity index is 555. The van der Waals surface area contributed by atoms with Crippen molar-refractivity contribution in [1.82, 2.24) is 0 Å². The van der Waals surface area contributed by atoms with Gasteiger partial charge in [0.25, 0.3) is 0 Å². The lowest BCUT2D eigenvalue weighted by molar-refractivity contribution is -0.697. The third kappa shape index (κ3) is 13.5. The van der Waals surface area contributed by atoms with Gasteiger partial charge in [0.15, 0.2) is 24.8 Å². The van der Waals surface area contributed by atoms with Crippen LogP contribution in [0, 0.1) is 13.8 Å². The maximum absolute atomic E-state index is 2.32. The van der Waals surface area contributed by atoms with Gasteiger partial charge in [-0.25, -0.2) is 9.13 Å². The van der Waals surface area contributed by atoms with E-state index >= 15 is 0 Å². The Balaban J connectivity index is 0. The molecule has 0 unspecified atom stereocenters. The number of aromatic nitrogens is 2. The Hall–Kier alpha value is -0.280. The molecule has 2 heterocycles. The molecular formula is C22H36I2N2O. The number of rotatable bonds is 11. The molecule has 2 N–H and O–H groups in total. The van der Waals surface area contributed by atoms with Crippen LogP contribution in [0.25, 0.3) is 0 Å². The Kier molecular flexibility index (Phi) is 19.1. The van der Waals surface area contributed by atoms with E-state index in [2.05, 4.69) is 72.0 Å². The Morgan fingerprint density at radius 3 is 1.26 bits per heavy atom. The predicted octanol–water partition coefficient (Wildman–Crippen LogP) is -2.12. The molecule has 0 fully saturated rings. The van der Waals surface area contributed by atoms with E-state index in [9.17, 15) is 0 Å². The molecule has 0 amide bonds. The second kappa shape index (κ2) is 17.8. The van der Waals surface area contributed by atoms with Gasteiger partial charge in [-0.05, 0) is 38.8 Å². The summed E-state index contributed by atoms with van der Waals surface area (Å²) in [6, 6.07) is 8.61. The van der Waals surface area contributed by atoms with Gasteiger partial charge in [-0.2, -0.15) is 0 Å². The number of nitrogens with zero attached hydrogens (tertiary/aromatic N) is 2. The molecule has 0 spiro atoms. The first-order valence-corrected chi connectivity index (χ1v) is 9.65. The van der Waals surface area contributed by atoms with Crippen molar-refractivity contribution in [3.8, 4) is 0 Å². The van der Waals surface area contributed by atoms with E-state index < -0.39 is 0 Å². The van der Waals surface area contributed by atoms with Crippen molar-refractivity contribution in [2.24, 2.45) is 0 Å². The van der Waals surface area contributed by atoms with Crippen LogP contribution in [0.15, 0.2) is 49.1 Å². The topological polar surface area (TPSA) is 39.3 Å². The number of unbranched alkanes of at least 4 members (excludes halogenated alkanes) is 7. The van der Waals surface area contributed by atoms with E-state index in [-0.39, 0.29) is 53.4 Å². The third-order valence-electron chi connectivity index (χ3n) is 4.59. The largest absolute Gasteiger partial charge is 1.00 e. The molecule has 0 aliphatic rings. The van der Waals surface area contributed by atoms with E-state index in [1.54, 1.807) is 0 Å². The normalized spacial score (nSPS) is 9.70. The van der Waals surface area contributed by atoms with Gasteiger partial charge in [0.05, 0.1) is 0 Å². The molecule has 3 nitrogen and oxygen atoms in total. The molecule has 0 aliphatic heterocycles. The number of hydrogen-bond donors (Lipinski definition) is 0. The lowest BCUT2D eigenvalue weighted by Gasteiger charge is -2.02. The molecule has 5 heteroatoms. The highest BCUT2D eigenvalue weighted by molar-refractivity contribution is 5.01. The van der Waals surface area contributed by atoms with Crippen molar-refractivity contribution < 1.29 is 62.6 Å². The van der Waals surface area contributed by atoms with E-state index in [1.807, 2.05) is 0 Å². The SMILES string of the molecule is Cc1ccc[n+](CCCCCCCCCC[n+]2cccc(C)c2)c1.O.[I-].[I-]. The number of halogens is 2. The number of hydrogen-bond acceptors (Lipinski definition) is 0. The van der Waals surface area contributed by atoms with Crippen molar-refractivity contribution in [1.29, 1.82) is 0 Å². The van der Waals surface area contributed by atoms with Crippen LogP contribution in [-0.4, -0.2) is 5.48 Å². The second-order valence-electron chi connectivity index (χ2n) is 7.07. The molecule has 0 atom stereocenters. The molecule has 0 bridgehead atoms. The fourth-order valence-corrected chi connectivity index (χ4v) is 3.23. The van der Waals surface area contributed by atoms with Gasteiger partial charge in [-0.1, -0.05) is 25.7 Å². The fraction of sp³-hybridized carbons (Fsp3) is 0.545. The van der Waals surface area contributed by atoms with Crippen LogP contribution in [0.5, 0.6) is 0 Å². The van der Waals surface area contributed by atoms with Gasteiger partial charge in [-0.3, -0.25) is 0 Å². The number of aryl methyl sites for hydroxylation is 4. The average molecular weight is 598 g/mol. The zero-order chi connectivity index (χ0) is 17.0. The minimum Gasteiger partial charge on any atom is -1.00 e. The van der Waals surface area contributed by atoms with Crippen LogP contribution >= 0.6 is 0 Å². The summed E-state index contributed by atoms with van der Waals surface area (Å²) in [5, 5.41) is 0. The van der Waals surface area contributed by atoms with E-state index in [4.69, 9.17) is 0 Å². The van der Waals surface area contributed by atoms with E-state index in [0.29, 0.717) is 0 Å². The van der Waals surface area contributed by atoms with Crippen LogP contribution in [-0.2, 0) is 13.1 Å². The van der Waals surface area contributed by atoms with Gasteiger partial charge in [-0.15, -0.1) is 0 Å². The molecule has 2 aromatic rings. The van der Waals surface area contributed by atoms with Crippen LogP contribution in [0.4, 0.5) is 0 Å². The maximum atomic E-state index is 2.32. The average Bonchev–Trinajstić information content (AvgIpc) is 2.57. The molecule has 0 aliphatic carbocycles. The van der Waals surface area contributed by atoms with Gasteiger partial charge in [0, 0.05) is 36.1 Å². The first-order valence-electron chi connectivity index (χ1n) is 9.65. The predicted molar refractivity (Wildman–Crippen MR) is 103 cm³/mol. The van der Waals surface area contributed by atoms with Crippen molar-refractivity contribution in [2.75, 3.05) is 0 Å². The zero-order valence-electron chi connectivity index (χ0n) is 16.8. The molecular weight excluding hydrogens is 562 g/mol. The van der Waals surface area contributed by atoms with Crippen molar-refractivity contribution in [2.45, 2.75) is 78.3 Å². The van der Waals surface area contributed by atoms with Gasteiger partial charge >= 0.3 is 0 Å². The third-order valence-corrected chi connectivity index (χ3v) is 4.59. The molecule has 0 saturated carbocycles. The summed E-state index contributed by atoms with van der Waals surface area (Å²) >= 11 is 0. The summed E-state index contributed by atoms with van der Waals surface area (Å²) in [5.74, 6) is 0. The maximum Gasteiger partial charge on any atom is 0.171 e. The van der Waals surface area contributed by atoms with Crippen LogP contribution in [0.2, 0.25) is 0 Å². The zero-order valence-corrected chi connectivity index (χ0v) is 21.2. The van der Waals surface area contributed by atoms with Crippen LogP contribution in [0.3, 0.4) is 0 Å². The second-order valence-corrected chi connectivity index (χ2v) is 7.07. The smallest absolute Gasteiger partial charge is 0.171 e. The molecule has 2 aromatic heterocycles. The Labute approximate surface area is 199 Å². The highest BCUT2D eigenvalue weighted by Gasteiger charge is 2.01. The van der Waals surface area contributed by atoms with E-state index in [1.165, 1.54) is 62.5 Å². The fourth-order valence-electron chi connectivity index (χ4n) is 3.23. The minimum absolute atomic E-state index is 0. The highest BCUT2D eigenvalue weighted by atomic mass is 127. The molecule has 2 rings (SSSR count). The summed E-state index contributed by atoms with van der Waals surface area (Å²) in [7, 11) is 0. The molecule has 0 aromatic carbocycles. The summed E-state index contributed by atoms with van der Waals surface area (Å²) in [4.78, 5) is 0. The summed E-state index contributed by atoms with van der Waals surface area (Å²) in [5.41, 5.74) is 2.70. The molecule has 154 valence electrons. The lowest BCUT2D eigenvalue weighted by Crippen LogP contribution is -3.00. The van der Waals surface area contributed by atoms with Crippen molar-refractivity contribution in [3.05, 3.63) is 60.2 Å². The monoisotopic (exact) mass is 598 g/mol. The lowest BCUT2D eigenvalue weighted by atomic mass is 10.1. The minimum atomic E-state index is 0. The highest BCUT2D eigenvalue weighted by Crippen LogP contribution is 2.08. The Morgan fingerprint density at radius 1 is 0.593 bits per heavy atom. The standard InChI is InChI=1S/C22H34N2.2HI.H2O/c1-21-13-11-17-23(19-21)15-9-7-5-3-4-6-8-10-16-24-18-12-14-22(2)20-24;;;/h11-14,17-20H,3-10,15-16H2,1-2H3;2*1H;1H2/q+2;;;/p-2. The van der Waals surface area contributed by atoms with Crippen molar-refractivity contribution in [3.63, 3.8) is 0 Å². The van der Waals surface area contributed by atoms with Crippen LogP contribution in [0.1, 0.15) is 62.5 Å². The molecule has 27 heavy (non-hydrogen) atoms.